The Kier molecular flexibility index (Phi) is 4.31. The highest BCUT2D eigenvalue weighted by molar-refractivity contribution is 5.94. The third-order valence-corrected chi connectivity index (χ3v) is 2.35. The molecule has 1 aromatic carbocycles. The molecule has 1 aromatic rings. The molecule has 2 N–H and O–H groups in total. The molecule has 1 unspecified atom stereocenters. The first kappa shape index (κ1) is 11.7. The lowest BCUT2D eigenvalue weighted by atomic mass is 10.1. The quantitative estimate of drug-likeness (QED) is 0.793. The number of aliphatic hydroxyl groups excluding tert-OH is 1. The second-order valence-corrected chi connectivity index (χ2v) is 3.42. The van der Waals surface area contributed by atoms with E-state index in [1.807, 2.05) is 31.2 Å². The molecule has 0 bridgehead atoms. The smallest absolute Gasteiger partial charge is 0.253 e. The zero-order valence-corrected chi connectivity index (χ0v) is 9.16. The van der Waals surface area contributed by atoms with Gasteiger partial charge in [0, 0.05) is 5.69 Å². The molecule has 82 valence electrons. The van der Waals surface area contributed by atoms with E-state index in [2.05, 4.69) is 5.32 Å². The monoisotopic (exact) mass is 207 g/mol. The molecule has 1 amide bonds. The van der Waals surface area contributed by atoms with Crippen molar-refractivity contribution in [2.45, 2.75) is 32.8 Å². The average molecular weight is 207 g/mol. The number of aryl methyl sites for hydroxylation is 1. The number of nitrogens with one attached hydrogen (secondary N) is 1. The summed E-state index contributed by atoms with van der Waals surface area (Å²) in [4.78, 5) is 11.5. The van der Waals surface area contributed by atoms with Crippen LogP contribution in [-0.4, -0.2) is 17.1 Å². The van der Waals surface area contributed by atoms with Crippen LogP contribution in [-0.2, 0) is 11.2 Å². The van der Waals surface area contributed by atoms with Gasteiger partial charge >= 0.3 is 0 Å². The van der Waals surface area contributed by atoms with E-state index in [4.69, 9.17) is 0 Å². The fourth-order valence-electron chi connectivity index (χ4n) is 1.35. The van der Waals surface area contributed by atoms with Gasteiger partial charge in [-0.1, -0.05) is 32.0 Å². The Morgan fingerprint density at radius 1 is 1.40 bits per heavy atom. The molecule has 0 aliphatic carbocycles. The van der Waals surface area contributed by atoms with Gasteiger partial charge in [0.25, 0.3) is 5.91 Å². The van der Waals surface area contributed by atoms with Gasteiger partial charge in [-0.25, -0.2) is 0 Å². The van der Waals surface area contributed by atoms with Gasteiger partial charge in [-0.3, -0.25) is 4.79 Å². The standard InChI is InChI=1S/C12H17NO2/c1-3-9-7-5-6-8-10(9)13-12(15)11(14)4-2/h5-8,11,14H,3-4H2,1-2H3,(H,13,15). The van der Waals surface area contributed by atoms with Crippen LogP contribution in [0.1, 0.15) is 25.8 Å². The summed E-state index contributed by atoms with van der Waals surface area (Å²) in [7, 11) is 0. The Bertz CT molecular complexity index is 336. The van der Waals surface area contributed by atoms with E-state index >= 15 is 0 Å². The van der Waals surface area contributed by atoms with Crippen LogP contribution < -0.4 is 5.32 Å². The molecular weight excluding hydrogens is 190 g/mol. The van der Waals surface area contributed by atoms with E-state index in [0.29, 0.717) is 6.42 Å². The Morgan fingerprint density at radius 3 is 2.67 bits per heavy atom. The van der Waals surface area contributed by atoms with Crippen LogP contribution in [0.3, 0.4) is 0 Å². The number of carbonyl (C=O) groups excluding carboxylic acids is 1. The first-order valence-electron chi connectivity index (χ1n) is 5.25. The Balaban J connectivity index is 2.76. The first-order valence-corrected chi connectivity index (χ1v) is 5.25. The minimum atomic E-state index is -0.921. The largest absolute Gasteiger partial charge is 0.383 e. The van der Waals surface area contributed by atoms with Gasteiger partial charge in [-0.2, -0.15) is 0 Å². The van der Waals surface area contributed by atoms with E-state index in [9.17, 15) is 9.90 Å². The molecule has 1 rings (SSSR count). The molecule has 0 aliphatic heterocycles. The Morgan fingerprint density at radius 2 is 2.07 bits per heavy atom. The van der Waals surface area contributed by atoms with Gasteiger partial charge in [0.2, 0.25) is 0 Å². The number of hydrogen-bond acceptors (Lipinski definition) is 2. The lowest BCUT2D eigenvalue weighted by Gasteiger charge is -2.12. The number of anilines is 1. The van der Waals surface area contributed by atoms with E-state index in [-0.39, 0.29) is 5.91 Å². The lowest BCUT2D eigenvalue weighted by molar-refractivity contribution is -0.124. The first-order chi connectivity index (χ1) is 7.19. The summed E-state index contributed by atoms with van der Waals surface area (Å²) in [6.45, 7) is 3.80. The summed E-state index contributed by atoms with van der Waals surface area (Å²) in [5, 5.41) is 12.1. The molecule has 0 radical (unpaired) electrons. The molecule has 3 heteroatoms. The SMILES string of the molecule is CCc1ccccc1NC(=O)C(O)CC. The van der Waals surface area contributed by atoms with Gasteiger partial charge < -0.3 is 10.4 Å². The predicted molar refractivity (Wildman–Crippen MR) is 60.7 cm³/mol. The molecule has 0 aliphatic rings. The van der Waals surface area contributed by atoms with Crippen molar-refractivity contribution in [1.82, 2.24) is 0 Å². The summed E-state index contributed by atoms with van der Waals surface area (Å²) < 4.78 is 0. The molecule has 3 nitrogen and oxygen atoms in total. The van der Waals surface area contributed by atoms with Crippen molar-refractivity contribution < 1.29 is 9.90 Å². The minimum Gasteiger partial charge on any atom is -0.383 e. The third-order valence-electron chi connectivity index (χ3n) is 2.35. The van der Waals surface area contributed by atoms with Gasteiger partial charge in [-0.05, 0) is 24.5 Å². The second-order valence-electron chi connectivity index (χ2n) is 3.42. The lowest BCUT2D eigenvalue weighted by Crippen LogP contribution is -2.27. The Hall–Kier alpha value is -1.35. The summed E-state index contributed by atoms with van der Waals surface area (Å²) >= 11 is 0. The van der Waals surface area contributed by atoms with Crippen molar-refractivity contribution in [2.75, 3.05) is 5.32 Å². The molecule has 0 saturated carbocycles. The van der Waals surface area contributed by atoms with E-state index in [1.165, 1.54) is 0 Å². The molecule has 0 fully saturated rings. The van der Waals surface area contributed by atoms with Crippen molar-refractivity contribution in [3.63, 3.8) is 0 Å². The van der Waals surface area contributed by atoms with Crippen molar-refractivity contribution >= 4 is 11.6 Å². The maximum absolute atomic E-state index is 11.5. The Labute approximate surface area is 90.1 Å². The van der Waals surface area contributed by atoms with Gasteiger partial charge in [0.15, 0.2) is 0 Å². The van der Waals surface area contributed by atoms with E-state index in [0.717, 1.165) is 17.7 Å². The highest BCUT2D eigenvalue weighted by Crippen LogP contribution is 2.15. The fraction of sp³-hybridized carbons (Fsp3) is 0.417. The van der Waals surface area contributed by atoms with Crippen LogP contribution in [0.25, 0.3) is 0 Å². The van der Waals surface area contributed by atoms with Crippen LogP contribution in [0.4, 0.5) is 5.69 Å². The number of hydrogen-bond donors (Lipinski definition) is 2. The summed E-state index contributed by atoms with van der Waals surface area (Å²) in [6, 6.07) is 7.62. The van der Waals surface area contributed by atoms with Crippen molar-refractivity contribution in [3.8, 4) is 0 Å². The molecule has 1 atom stereocenters. The molecule has 0 saturated heterocycles. The second kappa shape index (κ2) is 5.51. The van der Waals surface area contributed by atoms with Gasteiger partial charge in [-0.15, -0.1) is 0 Å². The topological polar surface area (TPSA) is 49.3 Å². The van der Waals surface area contributed by atoms with Gasteiger partial charge in [0.05, 0.1) is 0 Å². The maximum Gasteiger partial charge on any atom is 0.253 e. The predicted octanol–water partition coefficient (Wildman–Crippen LogP) is 1.96. The molecule has 15 heavy (non-hydrogen) atoms. The number of amides is 1. The van der Waals surface area contributed by atoms with E-state index < -0.39 is 6.10 Å². The van der Waals surface area contributed by atoms with Gasteiger partial charge in [0.1, 0.15) is 6.10 Å². The normalized spacial score (nSPS) is 12.2. The molecule has 0 heterocycles. The van der Waals surface area contributed by atoms with Crippen LogP contribution in [0, 0.1) is 0 Å². The van der Waals surface area contributed by atoms with Crippen LogP contribution in [0.15, 0.2) is 24.3 Å². The average Bonchev–Trinajstić information content (AvgIpc) is 2.28. The van der Waals surface area contributed by atoms with Crippen LogP contribution >= 0.6 is 0 Å². The molecule has 0 aromatic heterocycles. The van der Waals surface area contributed by atoms with Crippen LogP contribution in [0.5, 0.6) is 0 Å². The van der Waals surface area contributed by atoms with Crippen molar-refractivity contribution in [2.24, 2.45) is 0 Å². The summed E-state index contributed by atoms with van der Waals surface area (Å²) in [5.41, 5.74) is 1.87. The van der Waals surface area contributed by atoms with Crippen LogP contribution in [0.2, 0.25) is 0 Å². The number of benzene rings is 1. The minimum absolute atomic E-state index is 0.335. The molecule has 0 spiro atoms. The van der Waals surface area contributed by atoms with Crippen molar-refractivity contribution in [3.05, 3.63) is 29.8 Å². The highest BCUT2D eigenvalue weighted by Gasteiger charge is 2.13. The van der Waals surface area contributed by atoms with Crippen molar-refractivity contribution in [1.29, 1.82) is 0 Å². The fourth-order valence-corrected chi connectivity index (χ4v) is 1.35. The number of rotatable bonds is 4. The van der Waals surface area contributed by atoms with E-state index in [1.54, 1.807) is 6.92 Å². The number of aliphatic hydroxyl groups is 1. The maximum atomic E-state index is 11.5. The zero-order chi connectivity index (χ0) is 11.3. The molecular formula is C12H17NO2. The third kappa shape index (κ3) is 3.06. The summed E-state index contributed by atoms with van der Waals surface area (Å²) in [5.74, 6) is -0.335. The highest BCUT2D eigenvalue weighted by atomic mass is 16.3. The summed E-state index contributed by atoms with van der Waals surface area (Å²) in [6.07, 6.45) is 0.369. The number of carbonyl (C=O) groups is 1. The zero-order valence-electron chi connectivity index (χ0n) is 9.16. The number of para-hydroxylation sites is 1.